The van der Waals surface area contributed by atoms with E-state index in [1.807, 2.05) is 0 Å². The maximum atomic E-state index is 8.97. The number of thiophene rings is 1. The fraction of sp³-hybridized carbons (Fsp3) is 0.583. The van der Waals surface area contributed by atoms with E-state index in [1.54, 1.807) is 11.3 Å². The lowest BCUT2D eigenvalue weighted by Crippen LogP contribution is -2.43. The average Bonchev–Trinajstić information content (AvgIpc) is 2.59. The summed E-state index contributed by atoms with van der Waals surface area (Å²) in [5.41, 5.74) is 0. The van der Waals surface area contributed by atoms with Crippen LogP contribution in [0.5, 0.6) is 0 Å². The molecule has 2 rings (SSSR count). The second kappa shape index (κ2) is 4.77. The van der Waals surface area contributed by atoms with Gasteiger partial charge in [0.2, 0.25) is 0 Å². The quantitative estimate of drug-likeness (QED) is 0.779. The van der Waals surface area contributed by atoms with Crippen LogP contribution in [-0.4, -0.2) is 12.1 Å². The number of nitriles is 1. The molecule has 0 spiro atoms. The molecule has 1 aliphatic heterocycles. The number of rotatable bonds is 1. The van der Waals surface area contributed by atoms with E-state index >= 15 is 0 Å². The van der Waals surface area contributed by atoms with E-state index in [0.29, 0.717) is 12.1 Å². The Morgan fingerprint density at radius 2 is 2.06 bits per heavy atom. The van der Waals surface area contributed by atoms with Gasteiger partial charge in [-0.25, -0.2) is 0 Å². The van der Waals surface area contributed by atoms with Gasteiger partial charge in [-0.2, -0.15) is 5.26 Å². The molecule has 86 valence electrons. The van der Waals surface area contributed by atoms with Crippen LogP contribution < -0.4 is 4.90 Å². The Kier molecular flexibility index (Phi) is 3.56. The lowest BCUT2D eigenvalue weighted by molar-refractivity contribution is 0.416. The van der Waals surface area contributed by atoms with E-state index < -0.39 is 0 Å². The molecule has 0 aliphatic carbocycles. The minimum atomic E-state index is 0.584. The zero-order valence-electron chi connectivity index (χ0n) is 9.53. The van der Waals surface area contributed by atoms with Crippen LogP contribution in [0.1, 0.15) is 38.0 Å². The van der Waals surface area contributed by atoms with Gasteiger partial charge in [0, 0.05) is 16.6 Å². The Hall–Kier alpha value is -0.530. The van der Waals surface area contributed by atoms with Crippen LogP contribution >= 0.6 is 27.3 Å². The predicted octanol–water partition coefficient (Wildman–Crippen LogP) is 4.15. The third-order valence-corrected chi connectivity index (χ3v) is 5.16. The van der Waals surface area contributed by atoms with Crippen molar-refractivity contribution < 1.29 is 0 Å². The zero-order valence-corrected chi connectivity index (χ0v) is 11.9. The van der Waals surface area contributed by atoms with Gasteiger partial charge >= 0.3 is 0 Å². The Balaban J connectivity index is 2.31. The van der Waals surface area contributed by atoms with Crippen molar-refractivity contribution in [1.82, 2.24) is 0 Å². The molecular weight excluding hydrogens is 284 g/mol. The summed E-state index contributed by atoms with van der Waals surface area (Å²) < 4.78 is 0.931. The van der Waals surface area contributed by atoms with Gasteiger partial charge in [0.05, 0.1) is 5.00 Å². The zero-order chi connectivity index (χ0) is 11.7. The second-order valence-electron chi connectivity index (χ2n) is 4.41. The highest BCUT2D eigenvalue weighted by Crippen LogP contribution is 2.38. The van der Waals surface area contributed by atoms with E-state index in [9.17, 15) is 0 Å². The first-order chi connectivity index (χ1) is 7.63. The van der Waals surface area contributed by atoms with E-state index in [2.05, 4.69) is 46.8 Å². The normalized spacial score (nSPS) is 25.5. The Morgan fingerprint density at radius 1 is 1.44 bits per heavy atom. The van der Waals surface area contributed by atoms with Gasteiger partial charge in [-0.15, -0.1) is 11.3 Å². The first kappa shape index (κ1) is 11.9. The van der Waals surface area contributed by atoms with Crippen molar-refractivity contribution in [3.05, 3.63) is 15.4 Å². The summed E-state index contributed by atoms with van der Waals surface area (Å²) in [6.07, 6.45) is 3.82. The summed E-state index contributed by atoms with van der Waals surface area (Å²) >= 11 is 5.04. The SMILES string of the molecule is CC1CCCC(C)N1c1cc(Br)c(C#N)s1. The minimum absolute atomic E-state index is 0.584. The van der Waals surface area contributed by atoms with E-state index in [-0.39, 0.29) is 0 Å². The average molecular weight is 299 g/mol. The molecule has 0 radical (unpaired) electrons. The van der Waals surface area contributed by atoms with Crippen LogP contribution in [0.15, 0.2) is 10.5 Å². The molecule has 2 atom stereocenters. The smallest absolute Gasteiger partial charge is 0.121 e. The van der Waals surface area contributed by atoms with Gasteiger partial charge in [0.15, 0.2) is 0 Å². The van der Waals surface area contributed by atoms with Crippen molar-refractivity contribution in [3.63, 3.8) is 0 Å². The third-order valence-electron chi connectivity index (χ3n) is 3.22. The number of halogens is 1. The monoisotopic (exact) mass is 298 g/mol. The molecule has 1 aromatic heterocycles. The molecule has 1 saturated heterocycles. The number of anilines is 1. The standard InChI is InChI=1S/C12H15BrN2S/c1-8-4-3-5-9(2)15(8)12-6-10(13)11(7-14)16-12/h6,8-9H,3-5H2,1-2H3. The van der Waals surface area contributed by atoms with Crippen molar-refractivity contribution in [1.29, 1.82) is 5.26 Å². The van der Waals surface area contributed by atoms with E-state index in [4.69, 9.17) is 5.26 Å². The highest BCUT2D eigenvalue weighted by Gasteiger charge is 2.26. The van der Waals surface area contributed by atoms with Crippen molar-refractivity contribution in [2.45, 2.75) is 45.2 Å². The highest BCUT2D eigenvalue weighted by molar-refractivity contribution is 9.10. The molecule has 1 fully saturated rings. The largest absolute Gasteiger partial charge is 0.358 e. The maximum Gasteiger partial charge on any atom is 0.121 e. The van der Waals surface area contributed by atoms with Crippen molar-refractivity contribution >= 4 is 32.3 Å². The molecule has 4 heteroatoms. The van der Waals surface area contributed by atoms with Crippen molar-refractivity contribution in [2.24, 2.45) is 0 Å². The van der Waals surface area contributed by atoms with Crippen LogP contribution in [0.4, 0.5) is 5.00 Å². The van der Waals surface area contributed by atoms with Crippen LogP contribution in [0, 0.1) is 11.3 Å². The molecular formula is C12H15BrN2S. The molecule has 2 unspecified atom stereocenters. The summed E-state index contributed by atoms with van der Waals surface area (Å²) in [6, 6.07) is 5.48. The van der Waals surface area contributed by atoms with E-state index in [0.717, 1.165) is 9.35 Å². The molecule has 0 amide bonds. The van der Waals surface area contributed by atoms with Gasteiger partial charge in [-0.05, 0) is 55.1 Å². The van der Waals surface area contributed by atoms with Gasteiger partial charge in [0.1, 0.15) is 10.9 Å². The topological polar surface area (TPSA) is 27.0 Å². The summed E-state index contributed by atoms with van der Waals surface area (Å²) in [4.78, 5) is 3.24. The van der Waals surface area contributed by atoms with E-state index in [1.165, 1.54) is 24.3 Å². The first-order valence-electron chi connectivity index (χ1n) is 5.61. The highest BCUT2D eigenvalue weighted by atomic mass is 79.9. The molecule has 2 heterocycles. The van der Waals surface area contributed by atoms with Crippen molar-refractivity contribution in [2.75, 3.05) is 4.90 Å². The molecule has 0 N–H and O–H groups in total. The van der Waals surface area contributed by atoms with Gasteiger partial charge in [0.25, 0.3) is 0 Å². The summed E-state index contributed by atoms with van der Waals surface area (Å²) in [7, 11) is 0. The molecule has 16 heavy (non-hydrogen) atoms. The molecule has 0 saturated carbocycles. The van der Waals surface area contributed by atoms with Crippen LogP contribution in [0.2, 0.25) is 0 Å². The summed E-state index contributed by atoms with van der Waals surface area (Å²) in [5.74, 6) is 0. The van der Waals surface area contributed by atoms with Gasteiger partial charge in [-0.1, -0.05) is 0 Å². The Bertz CT molecular complexity index is 411. The Labute approximate surface area is 109 Å². The second-order valence-corrected chi connectivity index (χ2v) is 6.29. The predicted molar refractivity (Wildman–Crippen MR) is 72.0 cm³/mol. The van der Waals surface area contributed by atoms with Gasteiger partial charge in [-0.3, -0.25) is 0 Å². The summed E-state index contributed by atoms with van der Waals surface area (Å²) in [5, 5.41) is 10.2. The van der Waals surface area contributed by atoms with Crippen LogP contribution in [0.3, 0.4) is 0 Å². The lowest BCUT2D eigenvalue weighted by Gasteiger charge is -2.39. The van der Waals surface area contributed by atoms with Crippen LogP contribution in [-0.2, 0) is 0 Å². The molecule has 1 aromatic rings. The number of nitrogens with zero attached hydrogens (tertiary/aromatic N) is 2. The number of piperidine rings is 1. The maximum absolute atomic E-state index is 8.97. The fourth-order valence-corrected chi connectivity index (χ4v) is 4.17. The van der Waals surface area contributed by atoms with Crippen LogP contribution in [0.25, 0.3) is 0 Å². The fourth-order valence-electron chi connectivity index (χ4n) is 2.42. The minimum Gasteiger partial charge on any atom is -0.358 e. The Morgan fingerprint density at radius 3 is 2.56 bits per heavy atom. The molecule has 1 aliphatic rings. The third kappa shape index (κ3) is 2.11. The number of hydrogen-bond donors (Lipinski definition) is 0. The lowest BCUT2D eigenvalue weighted by atomic mass is 9.98. The molecule has 2 nitrogen and oxygen atoms in total. The molecule has 0 bridgehead atoms. The van der Waals surface area contributed by atoms with Gasteiger partial charge < -0.3 is 4.90 Å². The molecule has 0 aromatic carbocycles. The first-order valence-corrected chi connectivity index (χ1v) is 7.22. The number of hydrogen-bond acceptors (Lipinski definition) is 3. The van der Waals surface area contributed by atoms with Crippen molar-refractivity contribution in [3.8, 4) is 6.07 Å². The summed E-state index contributed by atoms with van der Waals surface area (Å²) in [6.45, 7) is 4.55.